The van der Waals surface area contributed by atoms with E-state index in [0.717, 1.165) is 24.1 Å². The Morgan fingerprint density at radius 3 is 2.75 bits per heavy atom. The van der Waals surface area contributed by atoms with Gasteiger partial charge in [0.1, 0.15) is 11.0 Å². The van der Waals surface area contributed by atoms with Crippen molar-refractivity contribution in [1.82, 2.24) is 20.2 Å². The van der Waals surface area contributed by atoms with E-state index in [0.29, 0.717) is 0 Å². The standard InChI is InChI=1S/C11H14N4O/c1-4-8-14(9-5-1)16-15-11-7-3-2-6-10(11)12-13-15/h2-3,6-7H,1,4-5,8-9H2. The molecule has 1 saturated heterocycles. The molecule has 0 amide bonds. The fraction of sp³-hybridized carbons (Fsp3) is 0.455. The van der Waals surface area contributed by atoms with Crippen LogP contribution in [0.1, 0.15) is 19.3 Å². The Hall–Kier alpha value is -1.62. The summed E-state index contributed by atoms with van der Waals surface area (Å²) in [5, 5.41) is 9.99. The molecule has 16 heavy (non-hydrogen) atoms. The Morgan fingerprint density at radius 2 is 1.88 bits per heavy atom. The van der Waals surface area contributed by atoms with E-state index in [2.05, 4.69) is 10.3 Å². The lowest BCUT2D eigenvalue weighted by atomic mass is 10.2. The largest absolute Gasteiger partial charge is 0.296 e. The number of aromatic nitrogens is 3. The minimum absolute atomic E-state index is 0.861. The zero-order chi connectivity index (χ0) is 10.8. The fourth-order valence-corrected chi connectivity index (χ4v) is 1.96. The van der Waals surface area contributed by atoms with Gasteiger partial charge in [0.05, 0.1) is 0 Å². The van der Waals surface area contributed by atoms with Crippen molar-refractivity contribution in [3.05, 3.63) is 24.3 Å². The molecule has 0 spiro atoms. The van der Waals surface area contributed by atoms with Gasteiger partial charge in [-0.15, -0.1) is 10.2 Å². The Kier molecular flexibility index (Phi) is 2.46. The molecule has 0 unspecified atom stereocenters. The summed E-state index contributed by atoms with van der Waals surface area (Å²) in [5.74, 6) is 0. The number of benzene rings is 1. The van der Waals surface area contributed by atoms with Gasteiger partial charge in [0.15, 0.2) is 0 Å². The number of nitrogens with zero attached hydrogens (tertiary/aromatic N) is 4. The van der Waals surface area contributed by atoms with E-state index in [-0.39, 0.29) is 0 Å². The van der Waals surface area contributed by atoms with Gasteiger partial charge in [0, 0.05) is 13.1 Å². The summed E-state index contributed by atoms with van der Waals surface area (Å²) in [5.41, 5.74) is 1.77. The zero-order valence-electron chi connectivity index (χ0n) is 9.04. The highest BCUT2D eigenvalue weighted by molar-refractivity contribution is 5.73. The second-order valence-electron chi connectivity index (χ2n) is 4.02. The molecule has 0 saturated carbocycles. The maximum atomic E-state index is 5.68. The molecule has 84 valence electrons. The van der Waals surface area contributed by atoms with E-state index in [1.165, 1.54) is 24.1 Å². The summed E-state index contributed by atoms with van der Waals surface area (Å²) < 4.78 is 0. The highest BCUT2D eigenvalue weighted by atomic mass is 16.8. The van der Waals surface area contributed by atoms with E-state index in [9.17, 15) is 0 Å². The third-order valence-electron chi connectivity index (χ3n) is 2.83. The molecular weight excluding hydrogens is 204 g/mol. The van der Waals surface area contributed by atoms with Crippen LogP contribution in [0, 0.1) is 0 Å². The van der Waals surface area contributed by atoms with Crippen molar-refractivity contribution in [3.8, 4) is 0 Å². The maximum Gasteiger partial charge on any atom is 0.133 e. The van der Waals surface area contributed by atoms with Crippen LogP contribution < -0.4 is 4.94 Å². The summed E-state index contributed by atoms with van der Waals surface area (Å²) in [7, 11) is 0. The van der Waals surface area contributed by atoms with Gasteiger partial charge in [-0.3, -0.25) is 4.94 Å². The van der Waals surface area contributed by atoms with Gasteiger partial charge in [-0.25, -0.2) is 0 Å². The van der Waals surface area contributed by atoms with Gasteiger partial charge in [-0.1, -0.05) is 23.4 Å². The third kappa shape index (κ3) is 1.74. The van der Waals surface area contributed by atoms with Crippen LogP contribution in [0.2, 0.25) is 0 Å². The fourth-order valence-electron chi connectivity index (χ4n) is 1.96. The van der Waals surface area contributed by atoms with E-state index in [4.69, 9.17) is 4.94 Å². The van der Waals surface area contributed by atoms with Crippen molar-refractivity contribution in [2.75, 3.05) is 13.1 Å². The first-order valence-corrected chi connectivity index (χ1v) is 5.67. The van der Waals surface area contributed by atoms with Gasteiger partial charge in [-0.05, 0) is 30.2 Å². The van der Waals surface area contributed by atoms with Crippen molar-refractivity contribution in [2.45, 2.75) is 19.3 Å². The molecule has 1 aromatic carbocycles. The van der Waals surface area contributed by atoms with E-state index >= 15 is 0 Å². The molecule has 1 fully saturated rings. The molecule has 1 aliphatic rings. The Labute approximate surface area is 93.5 Å². The molecular formula is C11H14N4O. The Bertz CT molecular complexity index is 476. The number of fused-ring (bicyclic) bond motifs is 1. The molecule has 5 nitrogen and oxygen atoms in total. The van der Waals surface area contributed by atoms with Crippen molar-refractivity contribution >= 4 is 11.0 Å². The van der Waals surface area contributed by atoms with Crippen LogP contribution >= 0.6 is 0 Å². The highest BCUT2D eigenvalue weighted by Gasteiger charge is 2.13. The predicted molar refractivity (Wildman–Crippen MR) is 59.5 cm³/mol. The van der Waals surface area contributed by atoms with Crippen LogP contribution in [-0.2, 0) is 0 Å². The van der Waals surface area contributed by atoms with Gasteiger partial charge in [-0.2, -0.15) is 0 Å². The normalized spacial score (nSPS) is 17.8. The summed E-state index contributed by atoms with van der Waals surface area (Å²) >= 11 is 0. The molecule has 3 rings (SSSR count). The van der Waals surface area contributed by atoms with Crippen molar-refractivity contribution in [2.24, 2.45) is 0 Å². The number of hydroxylamine groups is 2. The maximum absolute atomic E-state index is 5.68. The van der Waals surface area contributed by atoms with E-state index < -0.39 is 0 Å². The molecule has 2 heterocycles. The van der Waals surface area contributed by atoms with Crippen molar-refractivity contribution in [3.63, 3.8) is 0 Å². The number of hydrogen-bond donors (Lipinski definition) is 0. The third-order valence-corrected chi connectivity index (χ3v) is 2.83. The summed E-state index contributed by atoms with van der Waals surface area (Å²) in [4.78, 5) is 7.19. The molecule has 0 atom stereocenters. The van der Waals surface area contributed by atoms with E-state index in [1.54, 1.807) is 0 Å². The highest BCUT2D eigenvalue weighted by Crippen LogP contribution is 2.11. The van der Waals surface area contributed by atoms with Crippen molar-refractivity contribution < 1.29 is 4.94 Å². The molecule has 0 bridgehead atoms. The second-order valence-corrected chi connectivity index (χ2v) is 4.02. The van der Waals surface area contributed by atoms with Crippen LogP contribution in [0.25, 0.3) is 11.0 Å². The minimum atomic E-state index is 0.861. The number of hydrogen-bond acceptors (Lipinski definition) is 4. The van der Waals surface area contributed by atoms with Gasteiger partial charge < -0.3 is 0 Å². The first-order chi connectivity index (χ1) is 7.93. The molecule has 1 aliphatic heterocycles. The summed E-state index contributed by atoms with van der Waals surface area (Å²) in [6.45, 7) is 1.93. The quantitative estimate of drug-likeness (QED) is 0.761. The number of para-hydroxylation sites is 1. The number of piperidine rings is 1. The van der Waals surface area contributed by atoms with Crippen LogP contribution in [0.4, 0.5) is 0 Å². The first-order valence-electron chi connectivity index (χ1n) is 5.67. The lowest BCUT2D eigenvalue weighted by Crippen LogP contribution is -2.38. The second kappa shape index (κ2) is 4.09. The Balaban J connectivity index is 1.83. The average Bonchev–Trinajstić information content (AvgIpc) is 2.74. The molecule has 0 N–H and O–H groups in total. The predicted octanol–water partition coefficient (Wildman–Crippen LogP) is 1.26. The average molecular weight is 218 g/mol. The summed E-state index contributed by atoms with van der Waals surface area (Å²) in [6.07, 6.45) is 3.66. The SMILES string of the molecule is c1ccc2c(c1)nnn2ON1CCCCC1. The van der Waals surface area contributed by atoms with Crippen LogP contribution in [-0.4, -0.2) is 33.3 Å². The lowest BCUT2D eigenvalue weighted by molar-refractivity contribution is -0.179. The van der Waals surface area contributed by atoms with Gasteiger partial charge in [0.2, 0.25) is 0 Å². The number of rotatable bonds is 2. The van der Waals surface area contributed by atoms with E-state index in [1.807, 2.05) is 29.3 Å². The zero-order valence-corrected chi connectivity index (χ0v) is 9.04. The van der Waals surface area contributed by atoms with Gasteiger partial charge in [0.25, 0.3) is 0 Å². The molecule has 5 heteroatoms. The van der Waals surface area contributed by atoms with Crippen LogP contribution in [0.3, 0.4) is 0 Å². The molecule has 0 radical (unpaired) electrons. The minimum Gasteiger partial charge on any atom is -0.296 e. The smallest absolute Gasteiger partial charge is 0.133 e. The van der Waals surface area contributed by atoms with Crippen molar-refractivity contribution in [1.29, 1.82) is 0 Å². The topological polar surface area (TPSA) is 43.2 Å². The van der Waals surface area contributed by atoms with Crippen LogP contribution in [0.5, 0.6) is 0 Å². The van der Waals surface area contributed by atoms with Crippen LogP contribution in [0.15, 0.2) is 24.3 Å². The lowest BCUT2D eigenvalue weighted by Gasteiger charge is -2.24. The molecule has 0 aliphatic carbocycles. The van der Waals surface area contributed by atoms with Gasteiger partial charge >= 0.3 is 0 Å². The molecule has 1 aromatic heterocycles. The first kappa shape index (κ1) is 9.59. The molecule has 2 aromatic rings. The summed E-state index contributed by atoms with van der Waals surface area (Å²) in [6, 6.07) is 7.79. The monoisotopic (exact) mass is 218 g/mol. The Morgan fingerprint density at radius 1 is 1.06 bits per heavy atom.